The van der Waals surface area contributed by atoms with Crippen molar-refractivity contribution >= 4 is 23.3 Å². The summed E-state index contributed by atoms with van der Waals surface area (Å²) in [5.41, 5.74) is 3.10. The number of likely N-dealkylation sites (N-methyl/N-ethyl adjacent to an activating group) is 1. The minimum absolute atomic E-state index is 0. The van der Waals surface area contributed by atoms with E-state index in [1.54, 1.807) is 14.2 Å². The number of aliphatic hydroxyl groups excluding tert-OH is 1. The summed E-state index contributed by atoms with van der Waals surface area (Å²) in [7, 11) is 3.45. The van der Waals surface area contributed by atoms with Crippen LogP contribution in [0.15, 0.2) is 91.1 Å². The highest BCUT2D eigenvalue weighted by Gasteiger charge is 2.31. The molecule has 5 nitrogen and oxygen atoms in total. The van der Waals surface area contributed by atoms with Crippen LogP contribution >= 0.6 is 12.4 Å². The van der Waals surface area contributed by atoms with E-state index >= 15 is 0 Å². The number of methoxy groups -OCH3 is 1. The van der Waals surface area contributed by atoms with Gasteiger partial charge in [0.05, 0.1) is 19.8 Å². The van der Waals surface area contributed by atoms with Gasteiger partial charge in [-0.25, -0.2) is 0 Å². The molecule has 0 aliphatic carbocycles. The number of aromatic nitrogens is 1. The van der Waals surface area contributed by atoms with Crippen molar-refractivity contribution in [3.8, 4) is 5.75 Å². The molecule has 168 valence electrons. The van der Waals surface area contributed by atoms with Crippen LogP contribution in [0.5, 0.6) is 5.75 Å². The summed E-state index contributed by atoms with van der Waals surface area (Å²) in [6.45, 7) is 0.375. The third-order valence-electron chi connectivity index (χ3n) is 5.58. The Labute approximate surface area is 195 Å². The highest BCUT2D eigenvalue weighted by molar-refractivity contribution is 5.85. The Morgan fingerprint density at radius 3 is 2.28 bits per heavy atom. The van der Waals surface area contributed by atoms with E-state index in [0.29, 0.717) is 6.61 Å². The maximum Gasteiger partial charge on any atom is 0.136 e. The van der Waals surface area contributed by atoms with Crippen molar-refractivity contribution < 1.29 is 14.6 Å². The van der Waals surface area contributed by atoms with E-state index in [1.165, 1.54) is 0 Å². The molecule has 0 saturated carbocycles. The number of fused-ring (bicyclic) bond motifs is 1. The third kappa shape index (κ3) is 5.14. The van der Waals surface area contributed by atoms with Crippen molar-refractivity contribution in [3.05, 3.63) is 102 Å². The Balaban J connectivity index is 0.00000289. The molecule has 0 spiro atoms. The number of halogens is 1. The zero-order chi connectivity index (χ0) is 21.6. The molecule has 4 aromatic rings. The summed E-state index contributed by atoms with van der Waals surface area (Å²) in [6.07, 6.45) is 0.650. The Morgan fingerprint density at radius 1 is 0.906 bits per heavy atom. The van der Waals surface area contributed by atoms with Crippen molar-refractivity contribution in [3.63, 3.8) is 0 Å². The number of rotatable bonds is 9. The van der Waals surface area contributed by atoms with Gasteiger partial charge in [-0.3, -0.25) is 5.32 Å². The number of hydrogen-bond acceptors (Lipinski definition) is 4. The van der Waals surface area contributed by atoms with Gasteiger partial charge in [-0.1, -0.05) is 60.7 Å². The molecule has 0 aliphatic heterocycles. The minimum atomic E-state index is -0.818. The Hall–Kier alpha value is -2.83. The van der Waals surface area contributed by atoms with Crippen molar-refractivity contribution in [1.29, 1.82) is 0 Å². The molecule has 0 radical (unpaired) electrons. The van der Waals surface area contributed by atoms with E-state index in [-0.39, 0.29) is 18.4 Å². The highest BCUT2D eigenvalue weighted by Crippen LogP contribution is 2.29. The van der Waals surface area contributed by atoms with E-state index in [1.807, 2.05) is 72.9 Å². The predicted molar refractivity (Wildman–Crippen MR) is 130 cm³/mol. The molecular formula is C26H29ClN2O3. The van der Waals surface area contributed by atoms with Crippen molar-refractivity contribution in [1.82, 2.24) is 9.88 Å². The number of aliphatic hydroxyl groups is 1. The molecule has 0 amide bonds. The molecule has 0 aliphatic rings. The fourth-order valence-corrected chi connectivity index (χ4v) is 3.95. The van der Waals surface area contributed by atoms with Crippen LogP contribution in [0.25, 0.3) is 10.9 Å². The second-order valence-corrected chi connectivity index (χ2v) is 7.50. The van der Waals surface area contributed by atoms with Crippen LogP contribution in [-0.4, -0.2) is 36.2 Å². The number of nitrogens with zero attached hydrogens (tertiary/aromatic N) is 1. The molecule has 1 aromatic heterocycles. The average molecular weight is 453 g/mol. The number of ether oxygens (including phenoxy) is 2. The van der Waals surface area contributed by atoms with E-state index in [2.05, 4.69) is 28.1 Å². The first kappa shape index (κ1) is 23.8. The first-order valence-electron chi connectivity index (χ1n) is 10.4. The maximum absolute atomic E-state index is 11.5. The van der Waals surface area contributed by atoms with E-state index in [0.717, 1.165) is 27.8 Å². The molecule has 6 heteroatoms. The number of hydrogen-bond donors (Lipinski definition) is 2. The van der Waals surface area contributed by atoms with Crippen LogP contribution in [0.1, 0.15) is 17.2 Å². The van der Waals surface area contributed by atoms with Crippen molar-refractivity contribution in [2.75, 3.05) is 14.2 Å². The molecule has 0 bridgehead atoms. The summed E-state index contributed by atoms with van der Waals surface area (Å²) in [5.74, 6) is 0.803. The smallest absolute Gasteiger partial charge is 0.136 e. The van der Waals surface area contributed by atoms with Gasteiger partial charge in [0.15, 0.2) is 0 Å². The van der Waals surface area contributed by atoms with Crippen molar-refractivity contribution in [2.45, 2.75) is 25.0 Å². The quantitative estimate of drug-likeness (QED) is 0.359. The molecule has 3 atom stereocenters. The Morgan fingerprint density at radius 2 is 1.59 bits per heavy atom. The molecular weight excluding hydrogens is 424 g/mol. The molecule has 2 N–H and O–H groups in total. The summed E-state index contributed by atoms with van der Waals surface area (Å²) in [5, 5.41) is 15.8. The zero-order valence-electron chi connectivity index (χ0n) is 18.2. The van der Waals surface area contributed by atoms with Crippen LogP contribution in [-0.2, 0) is 11.3 Å². The third-order valence-corrected chi connectivity index (χ3v) is 5.58. The molecule has 4 rings (SSSR count). The van der Waals surface area contributed by atoms with E-state index < -0.39 is 12.3 Å². The molecule has 0 saturated heterocycles. The first-order valence-corrected chi connectivity index (χ1v) is 10.4. The number of nitrogens with one attached hydrogen (secondary N) is 1. The van der Waals surface area contributed by atoms with Gasteiger partial charge in [-0.2, -0.15) is 0 Å². The van der Waals surface area contributed by atoms with Gasteiger partial charge in [0.25, 0.3) is 0 Å². The van der Waals surface area contributed by atoms with Gasteiger partial charge < -0.3 is 19.1 Å². The molecule has 3 aromatic carbocycles. The second kappa shape index (κ2) is 11.2. The van der Waals surface area contributed by atoms with Crippen LogP contribution in [0.4, 0.5) is 0 Å². The summed E-state index contributed by atoms with van der Waals surface area (Å²) >= 11 is 0. The normalized spacial score (nSPS) is 13.8. The van der Waals surface area contributed by atoms with E-state index in [4.69, 9.17) is 9.47 Å². The zero-order valence-corrected chi connectivity index (χ0v) is 19.0. The maximum atomic E-state index is 11.5. The van der Waals surface area contributed by atoms with Gasteiger partial charge in [0, 0.05) is 11.7 Å². The minimum Gasteiger partial charge on any atom is -0.497 e. The Kier molecular flexibility index (Phi) is 8.31. The van der Waals surface area contributed by atoms with E-state index in [9.17, 15) is 5.11 Å². The fourth-order valence-electron chi connectivity index (χ4n) is 3.95. The highest BCUT2D eigenvalue weighted by atomic mass is 35.5. The number of para-hydroxylation sites is 1. The number of benzene rings is 3. The lowest BCUT2D eigenvalue weighted by Crippen LogP contribution is -2.45. The fraction of sp³-hybridized carbons (Fsp3) is 0.231. The van der Waals surface area contributed by atoms with Crippen LogP contribution in [0.3, 0.4) is 0 Å². The molecule has 32 heavy (non-hydrogen) atoms. The van der Waals surface area contributed by atoms with Gasteiger partial charge in [0.2, 0.25) is 0 Å². The topological polar surface area (TPSA) is 55.6 Å². The summed E-state index contributed by atoms with van der Waals surface area (Å²) < 4.78 is 13.4. The SMILES string of the molecule is CNC(OCc1ccc(OC)cc1)C(O)C(c1ccccc1)n1ccc2ccccc21.Cl. The molecule has 1 heterocycles. The van der Waals surface area contributed by atoms with Crippen molar-refractivity contribution in [2.24, 2.45) is 0 Å². The largest absolute Gasteiger partial charge is 0.497 e. The van der Waals surface area contributed by atoms with Crippen LogP contribution in [0.2, 0.25) is 0 Å². The monoisotopic (exact) mass is 452 g/mol. The van der Waals surface area contributed by atoms with Gasteiger partial charge in [-0.15, -0.1) is 12.4 Å². The summed E-state index contributed by atoms with van der Waals surface area (Å²) in [4.78, 5) is 0. The summed E-state index contributed by atoms with van der Waals surface area (Å²) in [6, 6.07) is 27.7. The molecule has 0 fully saturated rings. The van der Waals surface area contributed by atoms with Gasteiger partial charge in [-0.05, 0) is 47.8 Å². The average Bonchev–Trinajstić information content (AvgIpc) is 3.24. The van der Waals surface area contributed by atoms with Gasteiger partial charge >= 0.3 is 0 Å². The Bertz CT molecular complexity index is 1100. The lowest BCUT2D eigenvalue weighted by Gasteiger charge is -2.31. The standard InChI is InChI=1S/C26H28N2O3.ClH/c1-27-26(31-18-19-12-14-22(30-2)15-13-19)25(29)24(21-9-4-3-5-10-21)28-17-16-20-8-6-7-11-23(20)28;/h3-17,24-27,29H,18H2,1-2H3;1H. The van der Waals surface area contributed by atoms with Crippen LogP contribution in [0, 0.1) is 0 Å². The van der Waals surface area contributed by atoms with Gasteiger partial charge in [0.1, 0.15) is 18.1 Å². The second-order valence-electron chi connectivity index (χ2n) is 7.50. The predicted octanol–water partition coefficient (Wildman–Crippen LogP) is 4.78. The first-order chi connectivity index (χ1) is 15.2. The lowest BCUT2D eigenvalue weighted by atomic mass is 9.99. The lowest BCUT2D eigenvalue weighted by molar-refractivity contribution is -0.0733. The molecule has 3 unspecified atom stereocenters. The van der Waals surface area contributed by atoms with Crippen LogP contribution < -0.4 is 10.1 Å².